The molecule has 9 rings (SSSR count). The molecule has 2 amide bonds. The molecule has 0 aromatic rings. The number of ether oxygens (including phenoxy) is 4. The molecule has 8 saturated carbocycles. The van der Waals surface area contributed by atoms with Crippen molar-refractivity contribution in [1.82, 2.24) is 10.6 Å². The number of amides is 2. The highest BCUT2D eigenvalue weighted by molar-refractivity contribution is 5.76. The van der Waals surface area contributed by atoms with Gasteiger partial charge in [0.25, 0.3) is 0 Å². The third-order valence-electron chi connectivity index (χ3n) is 23.7. The second-order valence-electron chi connectivity index (χ2n) is 27.8. The molecule has 0 aromatic carbocycles. The Hall–Kier alpha value is -3.34. The Bertz CT molecular complexity index is 2080. The number of carbonyl (C=O) groups excluding carboxylic acids is 6. The van der Waals surface area contributed by atoms with Crippen LogP contribution in [-0.2, 0) is 67.3 Å². The van der Waals surface area contributed by atoms with Crippen LogP contribution >= 0.6 is 0 Å². The Morgan fingerprint density at radius 2 is 0.859 bits per heavy atom. The third-order valence-corrected chi connectivity index (χ3v) is 23.7. The smallest absolute Gasteiger partial charge is 0.302 e. The maximum atomic E-state index is 13.1. The van der Waals surface area contributed by atoms with Crippen LogP contribution < -0.4 is 10.6 Å². The first-order valence-electron chi connectivity index (χ1n) is 30.8. The van der Waals surface area contributed by atoms with E-state index in [1.807, 2.05) is 0 Å². The third kappa shape index (κ3) is 10.7. The standard InChI is InChI=1S/C62H98N2O14/c1-13-27-63-53(69)21-15-35(3)43-17-19-45-55-47(31-51(59(43,45)11)73-39(7)67)57(9)23-25-61(33-41(57)29-49(55)71-37(5)65)75-77-62(78-76-61)26-24-58(10)42(34-62)30-50(72-38(6)66)56-46-20-18-44(36(4)16-22-54(70)64-28-14-2)60(46,12)52(32-48(56)58)74-40(8)68/h35-36,41-52,55-56H,13-34H2,1-12H3,(H,63,69)(H,64,70)/t35?,36?,41-,42-,43-,44-,45+,46+,47+,48+,49-,50-,51+,52+,55+,56+,57+,58+,59-,60-,61?,62?/m1/s1. The molecule has 8 aliphatic carbocycles. The Morgan fingerprint density at radius 3 is 1.19 bits per heavy atom. The summed E-state index contributed by atoms with van der Waals surface area (Å²) in [7, 11) is 0. The summed E-state index contributed by atoms with van der Waals surface area (Å²) in [5, 5.41) is 6.07. The van der Waals surface area contributed by atoms with Gasteiger partial charge in [-0.3, -0.25) is 28.8 Å². The van der Waals surface area contributed by atoms with Crippen LogP contribution in [0.2, 0.25) is 0 Å². The van der Waals surface area contributed by atoms with E-state index in [0.29, 0.717) is 77.3 Å². The fourth-order valence-corrected chi connectivity index (χ4v) is 20.0. The van der Waals surface area contributed by atoms with Gasteiger partial charge in [-0.15, -0.1) is 0 Å². The Kier molecular flexibility index (Phi) is 17.3. The predicted octanol–water partition coefficient (Wildman–Crippen LogP) is 10.7. The van der Waals surface area contributed by atoms with E-state index in [-0.39, 0.29) is 153 Å². The van der Waals surface area contributed by atoms with Crippen molar-refractivity contribution in [3.8, 4) is 0 Å². The Morgan fingerprint density at radius 1 is 0.500 bits per heavy atom. The van der Waals surface area contributed by atoms with Gasteiger partial charge in [0.1, 0.15) is 24.4 Å². The van der Waals surface area contributed by atoms with Crippen molar-refractivity contribution < 1.29 is 67.3 Å². The van der Waals surface area contributed by atoms with Gasteiger partial charge < -0.3 is 29.6 Å². The lowest BCUT2D eigenvalue weighted by molar-refractivity contribution is -0.667. The summed E-state index contributed by atoms with van der Waals surface area (Å²) in [6.07, 6.45) is 12.6. The van der Waals surface area contributed by atoms with Crippen LogP contribution in [0.5, 0.6) is 0 Å². The second-order valence-corrected chi connectivity index (χ2v) is 27.8. The molecule has 440 valence electrons. The second kappa shape index (κ2) is 22.8. The average molecular weight is 1100 g/mol. The summed E-state index contributed by atoms with van der Waals surface area (Å²) < 4.78 is 25.7. The van der Waals surface area contributed by atoms with Crippen LogP contribution in [0.4, 0.5) is 0 Å². The summed E-state index contributed by atoms with van der Waals surface area (Å²) >= 11 is 0. The van der Waals surface area contributed by atoms with E-state index in [0.717, 1.165) is 64.2 Å². The van der Waals surface area contributed by atoms with E-state index in [2.05, 4.69) is 66.0 Å². The minimum absolute atomic E-state index is 0.00164. The highest BCUT2D eigenvalue weighted by Crippen LogP contribution is 2.73. The fraction of sp³-hybridized carbons (Fsp3) is 0.903. The largest absolute Gasteiger partial charge is 0.462 e. The van der Waals surface area contributed by atoms with Gasteiger partial charge in [-0.1, -0.05) is 55.4 Å². The van der Waals surface area contributed by atoms with E-state index in [1.165, 1.54) is 27.7 Å². The molecule has 0 bridgehead atoms. The van der Waals surface area contributed by atoms with Gasteiger partial charge in [-0.25, -0.2) is 0 Å². The van der Waals surface area contributed by atoms with Crippen molar-refractivity contribution in [3.05, 3.63) is 0 Å². The molecule has 9 aliphatic rings. The first kappa shape index (κ1) is 59.3. The molecule has 9 fully saturated rings. The molecular weight excluding hydrogens is 997 g/mol. The van der Waals surface area contributed by atoms with Gasteiger partial charge in [0.15, 0.2) is 0 Å². The molecule has 2 unspecified atom stereocenters. The van der Waals surface area contributed by atoms with Gasteiger partial charge in [-0.05, 0) is 160 Å². The van der Waals surface area contributed by atoms with E-state index in [4.69, 9.17) is 38.5 Å². The lowest BCUT2D eigenvalue weighted by atomic mass is 9.42. The quantitative estimate of drug-likeness (QED) is 0.0840. The van der Waals surface area contributed by atoms with Crippen LogP contribution in [0.25, 0.3) is 0 Å². The molecular formula is C62H98N2O14. The number of carbonyl (C=O) groups is 6. The minimum atomic E-state index is -1.20. The SMILES string of the molecule is CCCNC(=O)CCC(C)[C@H]1CC[C@H]2[C@@H]3[C@H](OC(C)=O)C[C@@H]4CC5(CC[C@]4(C)[C@H]3C[C@H](OC(C)=O)[C@]12C)OOC1(CC[C@@]2(C)[C@H](C[C@@H](OC(C)=O)[C@@H]3[C@@H]2C[C@H](OC(C)=O)[C@]2(C)[C@@H](C(C)CCC(=O)NCCC)CC[C@@H]32)C1)OO5. The monoisotopic (exact) mass is 1090 g/mol. The average Bonchev–Trinajstić information content (AvgIpc) is 3.29. The summed E-state index contributed by atoms with van der Waals surface area (Å²) in [5.74, 6) is -1.96. The van der Waals surface area contributed by atoms with Crippen molar-refractivity contribution in [1.29, 1.82) is 0 Å². The molecule has 1 saturated heterocycles. The van der Waals surface area contributed by atoms with Gasteiger partial charge >= 0.3 is 23.9 Å². The number of nitrogens with one attached hydrogen (secondary N) is 2. The van der Waals surface area contributed by atoms with Gasteiger partial charge in [0.05, 0.1) is 0 Å². The molecule has 2 N–H and O–H groups in total. The molecule has 1 heterocycles. The van der Waals surface area contributed by atoms with Crippen molar-refractivity contribution in [2.45, 2.75) is 247 Å². The molecule has 16 heteroatoms. The van der Waals surface area contributed by atoms with Crippen LogP contribution in [0, 0.1) is 92.7 Å². The lowest BCUT2D eigenvalue weighted by Crippen LogP contribution is -2.66. The zero-order valence-electron chi connectivity index (χ0n) is 49.5. The number of fused-ring (bicyclic) bond motifs is 10. The van der Waals surface area contributed by atoms with Crippen molar-refractivity contribution >= 4 is 35.7 Å². The summed E-state index contributed by atoms with van der Waals surface area (Å²) in [4.78, 5) is 104. The van der Waals surface area contributed by atoms with E-state index in [1.54, 1.807) is 0 Å². The number of hydrogen-bond acceptors (Lipinski definition) is 14. The molecule has 20 atom stereocenters. The van der Waals surface area contributed by atoms with E-state index >= 15 is 0 Å². The summed E-state index contributed by atoms with van der Waals surface area (Å²) in [6.45, 7) is 25.3. The zero-order valence-corrected chi connectivity index (χ0v) is 49.5. The zero-order chi connectivity index (χ0) is 56.3. The highest BCUT2D eigenvalue weighted by Gasteiger charge is 2.72. The molecule has 1 aliphatic heterocycles. The Balaban J connectivity index is 0.912. The topological polar surface area (TPSA) is 200 Å². The molecule has 0 aromatic heterocycles. The van der Waals surface area contributed by atoms with E-state index < -0.39 is 11.6 Å². The Labute approximate surface area is 465 Å². The van der Waals surface area contributed by atoms with Crippen molar-refractivity contribution in [2.75, 3.05) is 13.1 Å². The first-order chi connectivity index (χ1) is 36.9. The maximum absolute atomic E-state index is 13.1. The molecule has 16 nitrogen and oxygen atoms in total. The predicted molar refractivity (Wildman–Crippen MR) is 287 cm³/mol. The van der Waals surface area contributed by atoms with Gasteiger partial charge in [0.2, 0.25) is 23.4 Å². The highest BCUT2D eigenvalue weighted by atomic mass is 17.4. The molecule has 78 heavy (non-hydrogen) atoms. The summed E-state index contributed by atoms with van der Waals surface area (Å²) in [6, 6.07) is 0. The first-order valence-corrected chi connectivity index (χ1v) is 30.8. The normalized spacial score (nSPS) is 44.9. The number of hydrogen-bond donors (Lipinski definition) is 2. The lowest BCUT2D eigenvalue weighted by Gasteiger charge is -2.66. The number of rotatable bonds is 16. The summed E-state index contributed by atoms with van der Waals surface area (Å²) in [5.41, 5.74) is -1.18. The number of esters is 4. The van der Waals surface area contributed by atoms with Gasteiger partial charge in [0, 0.05) is 102 Å². The van der Waals surface area contributed by atoms with Crippen LogP contribution in [0.1, 0.15) is 212 Å². The van der Waals surface area contributed by atoms with Crippen LogP contribution in [0.15, 0.2) is 0 Å². The van der Waals surface area contributed by atoms with Gasteiger partial charge in [-0.2, -0.15) is 19.6 Å². The van der Waals surface area contributed by atoms with Crippen molar-refractivity contribution in [3.63, 3.8) is 0 Å². The van der Waals surface area contributed by atoms with Crippen LogP contribution in [0.3, 0.4) is 0 Å². The molecule has 2 spiro atoms. The van der Waals surface area contributed by atoms with E-state index in [9.17, 15) is 28.8 Å². The fourth-order valence-electron chi connectivity index (χ4n) is 20.0. The van der Waals surface area contributed by atoms with Crippen LogP contribution in [-0.4, -0.2) is 84.8 Å². The minimum Gasteiger partial charge on any atom is -0.462 e. The van der Waals surface area contributed by atoms with Crippen molar-refractivity contribution in [2.24, 2.45) is 92.7 Å². The maximum Gasteiger partial charge on any atom is 0.302 e. The molecule has 0 radical (unpaired) electrons.